The molecular formula is C11H14Br2N2O3S. The first kappa shape index (κ1) is 15.2. The van der Waals surface area contributed by atoms with Gasteiger partial charge in [0.25, 0.3) is 0 Å². The summed E-state index contributed by atoms with van der Waals surface area (Å²) in [5, 5.41) is 0. The lowest BCUT2D eigenvalue weighted by molar-refractivity contribution is 0.0392. The fraction of sp³-hybridized carbons (Fsp3) is 0.455. The van der Waals surface area contributed by atoms with Gasteiger partial charge in [-0.25, -0.2) is 8.42 Å². The highest BCUT2D eigenvalue weighted by Gasteiger charge is 2.34. The second-order valence-corrected chi connectivity index (χ2v) is 7.89. The van der Waals surface area contributed by atoms with Crippen LogP contribution in [0.3, 0.4) is 0 Å². The Bertz CT molecular complexity index is 569. The van der Waals surface area contributed by atoms with E-state index >= 15 is 0 Å². The van der Waals surface area contributed by atoms with Crippen LogP contribution in [0.2, 0.25) is 0 Å². The summed E-state index contributed by atoms with van der Waals surface area (Å²) in [5.41, 5.74) is 6.18. The minimum absolute atomic E-state index is 0.185. The quantitative estimate of drug-likeness (QED) is 0.754. The second-order valence-electron chi connectivity index (χ2n) is 4.35. The summed E-state index contributed by atoms with van der Waals surface area (Å²) >= 11 is 6.55. The summed E-state index contributed by atoms with van der Waals surface area (Å²) in [6.45, 7) is 3.00. The van der Waals surface area contributed by atoms with Gasteiger partial charge in [0, 0.05) is 27.2 Å². The SMILES string of the molecule is C[C@@H]1COCCN1S(=O)(=O)c1c(Br)cc(N)cc1Br. The number of sulfonamides is 1. The van der Waals surface area contributed by atoms with Gasteiger partial charge in [-0.05, 0) is 50.9 Å². The van der Waals surface area contributed by atoms with Crippen LogP contribution in [0.5, 0.6) is 0 Å². The molecule has 0 spiro atoms. The molecule has 0 saturated carbocycles. The average Bonchev–Trinajstić information content (AvgIpc) is 2.27. The largest absolute Gasteiger partial charge is 0.399 e. The van der Waals surface area contributed by atoms with E-state index in [0.717, 1.165) is 0 Å². The fourth-order valence-corrected chi connectivity index (χ4v) is 6.16. The maximum absolute atomic E-state index is 12.7. The smallest absolute Gasteiger partial charge is 0.245 e. The molecule has 1 aliphatic rings. The summed E-state index contributed by atoms with van der Waals surface area (Å²) in [6.07, 6.45) is 0. The third-order valence-electron chi connectivity index (χ3n) is 2.89. The Morgan fingerprint density at radius 3 is 2.47 bits per heavy atom. The van der Waals surface area contributed by atoms with Gasteiger partial charge in [0.15, 0.2) is 0 Å². The van der Waals surface area contributed by atoms with Gasteiger partial charge in [-0.3, -0.25) is 0 Å². The first-order valence-electron chi connectivity index (χ1n) is 5.68. The van der Waals surface area contributed by atoms with Gasteiger partial charge in [-0.1, -0.05) is 0 Å². The molecule has 8 heteroatoms. The predicted octanol–water partition coefficient (Wildman–Crippen LogP) is 2.20. The van der Waals surface area contributed by atoms with Crippen molar-refractivity contribution in [3.05, 3.63) is 21.1 Å². The van der Waals surface area contributed by atoms with E-state index < -0.39 is 10.0 Å². The molecule has 19 heavy (non-hydrogen) atoms. The molecular weight excluding hydrogens is 400 g/mol. The van der Waals surface area contributed by atoms with Gasteiger partial charge in [-0.15, -0.1) is 0 Å². The van der Waals surface area contributed by atoms with Gasteiger partial charge in [0.05, 0.1) is 13.2 Å². The molecule has 0 aromatic heterocycles. The van der Waals surface area contributed by atoms with Crippen molar-refractivity contribution >= 4 is 47.6 Å². The minimum Gasteiger partial charge on any atom is -0.399 e. The number of hydrogen-bond donors (Lipinski definition) is 1. The number of halogens is 2. The Kier molecular flexibility index (Phi) is 4.56. The zero-order chi connectivity index (χ0) is 14.2. The summed E-state index contributed by atoms with van der Waals surface area (Å²) < 4.78 is 33.1. The van der Waals surface area contributed by atoms with Gasteiger partial charge in [0.1, 0.15) is 4.90 Å². The van der Waals surface area contributed by atoms with E-state index in [1.807, 2.05) is 6.92 Å². The molecule has 0 radical (unpaired) electrons. The van der Waals surface area contributed by atoms with E-state index in [4.69, 9.17) is 10.5 Å². The van der Waals surface area contributed by atoms with Crippen molar-refractivity contribution in [1.29, 1.82) is 0 Å². The van der Waals surface area contributed by atoms with Crippen LogP contribution in [0, 0.1) is 0 Å². The Balaban J connectivity index is 2.50. The number of nitrogens with zero attached hydrogens (tertiary/aromatic N) is 1. The molecule has 0 bridgehead atoms. The predicted molar refractivity (Wildman–Crippen MR) is 80.4 cm³/mol. The summed E-state index contributed by atoms with van der Waals surface area (Å²) in [6, 6.07) is 2.99. The maximum Gasteiger partial charge on any atom is 0.245 e. The second kappa shape index (κ2) is 5.69. The lowest BCUT2D eigenvalue weighted by Gasteiger charge is -2.32. The normalized spacial score (nSPS) is 21.5. The highest BCUT2D eigenvalue weighted by molar-refractivity contribution is 9.11. The highest BCUT2D eigenvalue weighted by atomic mass is 79.9. The van der Waals surface area contributed by atoms with E-state index in [2.05, 4.69) is 31.9 Å². The maximum atomic E-state index is 12.7. The number of ether oxygens (including phenoxy) is 1. The number of rotatable bonds is 2. The summed E-state index contributed by atoms with van der Waals surface area (Å²) in [7, 11) is -3.59. The zero-order valence-electron chi connectivity index (χ0n) is 10.3. The molecule has 0 aliphatic carbocycles. The molecule has 2 rings (SSSR count). The van der Waals surface area contributed by atoms with Gasteiger partial charge < -0.3 is 10.5 Å². The molecule has 1 aliphatic heterocycles. The van der Waals surface area contributed by atoms with Crippen LogP contribution in [0.15, 0.2) is 26.0 Å². The van der Waals surface area contributed by atoms with Crippen LogP contribution < -0.4 is 5.73 Å². The van der Waals surface area contributed by atoms with Crippen LogP contribution in [-0.2, 0) is 14.8 Å². The first-order valence-corrected chi connectivity index (χ1v) is 8.70. The number of morpholine rings is 1. The first-order chi connectivity index (χ1) is 8.84. The Labute approximate surface area is 129 Å². The van der Waals surface area contributed by atoms with Crippen molar-refractivity contribution in [3.8, 4) is 0 Å². The van der Waals surface area contributed by atoms with Crippen molar-refractivity contribution < 1.29 is 13.2 Å². The molecule has 0 amide bonds. The molecule has 1 aromatic carbocycles. The van der Waals surface area contributed by atoms with Crippen molar-refractivity contribution in [2.24, 2.45) is 0 Å². The molecule has 1 saturated heterocycles. The summed E-state index contributed by atoms with van der Waals surface area (Å²) in [5.74, 6) is 0. The molecule has 0 unspecified atom stereocenters. The van der Waals surface area contributed by atoms with Crippen LogP contribution in [0.4, 0.5) is 5.69 Å². The van der Waals surface area contributed by atoms with Gasteiger partial charge >= 0.3 is 0 Å². The lowest BCUT2D eigenvalue weighted by atomic mass is 10.3. The average molecular weight is 414 g/mol. The molecule has 106 valence electrons. The minimum atomic E-state index is -3.59. The van der Waals surface area contributed by atoms with E-state index in [1.165, 1.54) is 4.31 Å². The van der Waals surface area contributed by atoms with Crippen molar-refractivity contribution in [3.63, 3.8) is 0 Å². The van der Waals surface area contributed by atoms with Crippen molar-refractivity contribution in [2.45, 2.75) is 17.9 Å². The Morgan fingerprint density at radius 2 is 1.95 bits per heavy atom. The molecule has 1 fully saturated rings. The van der Waals surface area contributed by atoms with Crippen LogP contribution in [0.25, 0.3) is 0 Å². The number of hydrogen-bond acceptors (Lipinski definition) is 4. The number of nitrogen functional groups attached to an aromatic ring is 1. The number of anilines is 1. The number of benzene rings is 1. The van der Waals surface area contributed by atoms with Gasteiger partial charge in [0.2, 0.25) is 10.0 Å². The van der Waals surface area contributed by atoms with Crippen LogP contribution >= 0.6 is 31.9 Å². The number of nitrogens with two attached hydrogens (primary N) is 1. The molecule has 1 heterocycles. The van der Waals surface area contributed by atoms with Crippen molar-refractivity contribution in [1.82, 2.24) is 4.31 Å². The highest BCUT2D eigenvalue weighted by Crippen LogP contribution is 2.35. The zero-order valence-corrected chi connectivity index (χ0v) is 14.3. The van der Waals surface area contributed by atoms with Gasteiger partial charge in [-0.2, -0.15) is 4.31 Å². The lowest BCUT2D eigenvalue weighted by Crippen LogP contribution is -2.47. The summed E-state index contributed by atoms with van der Waals surface area (Å²) in [4.78, 5) is 0.204. The Hall–Kier alpha value is -0.150. The standard InChI is InChI=1S/C11H14Br2N2O3S/c1-7-6-18-3-2-15(7)19(16,17)11-9(12)4-8(14)5-10(11)13/h4-5,7H,2-3,6,14H2,1H3/t7-/m1/s1. The molecule has 1 atom stereocenters. The molecule has 2 N–H and O–H groups in total. The topological polar surface area (TPSA) is 72.6 Å². The van der Waals surface area contributed by atoms with E-state index in [-0.39, 0.29) is 10.9 Å². The monoisotopic (exact) mass is 412 g/mol. The van der Waals surface area contributed by atoms with Crippen molar-refractivity contribution in [2.75, 3.05) is 25.5 Å². The van der Waals surface area contributed by atoms with Crippen LogP contribution in [-0.4, -0.2) is 38.5 Å². The van der Waals surface area contributed by atoms with E-state index in [9.17, 15) is 8.42 Å². The fourth-order valence-electron chi connectivity index (χ4n) is 2.01. The van der Waals surface area contributed by atoms with Crippen LogP contribution in [0.1, 0.15) is 6.92 Å². The Morgan fingerprint density at radius 1 is 1.37 bits per heavy atom. The van der Waals surface area contributed by atoms with E-state index in [1.54, 1.807) is 12.1 Å². The third-order valence-corrected chi connectivity index (χ3v) is 6.79. The van der Waals surface area contributed by atoms with E-state index in [0.29, 0.717) is 34.4 Å². The molecule has 1 aromatic rings. The third kappa shape index (κ3) is 2.97. The molecule has 5 nitrogen and oxygen atoms in total.